The van der Waals surface area contributed by atoms with Gasteiger partial charge in [-0.25, -0.2) is 14.5 Å². The highest BCUT2D eigenvalue weighted by Gasteiger charge is 2.26. The number of rotatable bonds is 6. The highest BCUT2D eigenvalue weighted by atomic mass is 16.5. The van der Waals surface area contributed by atoms with Gasteiger partial charge >= 0.3 is 5.97 Å². The molecule has 2 N–H and O–H groups in total. The molecule has 35 heavy (non-hydrogen) atoms. The summed E-state index contributed by atoms with van der Waals surface area (Å²) < 4.78 is 13.4. The standard InChI is InChI=1S/C26H25N5O4/c32-26(33)22-14-21(17-6-8-18(9-7-17)30-10-12-34-13-11-30)23-24(28-22)31(19-4-2-1-3-5-19)29-25(23)35-20-15-27-16-20/h1-9,14,20,27H,10-13,15-16H2,(H,32,33). The summed E-state index contributed by atoms with van der Waals surface area (Å²) in [5.74, 6) is -0.642. The average Bonchev–Trinajstić information content (AvgIpc) is 3.25. The first-order chi connectivity index (χ1) is 17.2. The minimum Gasteiger partial charge on any atom is -0.477 e. The number of hydrogen-bond acceptors (Lipinski definition) is 7. The zero-order chi connectivity index (χ0) is 23.8. The summed E-state index contributed by atoms with van der Waals surface area (Å²) in [6, 6.07) is 19.3. The molecule has 0 saturated carbocycles. The van der Waals surface area contributed by atoms with Crippen molar-refractivity contribution in [3.05, 3.63) is 66.4 Å². The molecule has 6 rings (SSSR count). The number of anilines is 1. The van der Waals surface area contributed by atoms with Crippen LogP contribution in [0.2, 0.25) is 0 Å². The smallest absolute Gasteiger partial charge is 0.354 e. The fraction of sp³-hybridized carbons (Fsp3) is 0.269. The van der Waals surface area contributed by atoms with Crippen molar-refractivity contribution < 1.29 is 19.4 Å². The SMILES string of the molecule is O=C(O)c1cc(-c2ccc(N3CCOCC3)cc2)c2c(OC3CNC3)nn(-c3ccccc3)c2n1. The lowest BCUT2D eigenvalue weighted by Gasteiger charge is -2.29. The molecular formula is C26H25N5O4. The van der Waals surface area contributed by atoms with Gasteiger partial charge in [0, 0.05) is 37.4 Å². The van der Waals surface area contributed by atoms with E-state index in [9.17, 15) is 9.90 Å². The number of fused-ring (bicyclic) bond motifs is 1. The predicted molar refractivity (Wildman–Crippen MR) is 132 cm³/mol. The van der Waals surface area contributed by atoms with Gasteiger partial charge in [0.1, 0.15) is 6.10 Å². The van der Waals surface area contributed by atoms with E-state index in [1.165, 1.54) is 0 Å². The molecule has 4 aromatic rings. The monoisotopic (exact) mass is 471 g/mol. The van der Waals surface area contributed by atoms with Crippen LogP contribution in [0, 0.1) is 0 Å². The van der Waals surface area contributed by atoms with Crippen LogP contribution in [0.4, 0.5) is 5.69 Å². The molecule has 9 heteroatoms. The summed E-state index contributed by atoms with van der Waals surface area (Å²) in [4.78, 5) is 18.8. The molecule has 178 valence electrons. The summed E-state index contributed by atoms with van der Waals surface area (Å²) in [5.41, 5.74) is 3.90. The zero-order valence-electron chi connectivity index (χ0n) is 19.1. The Balaban J connectivity index is 1.52. The highest BCUT2D eigenvalue weighted by Crippen LogP contribution is 2.37. The first-order valence-electron chi connectivity index (χ1n) is 11.7. The molecule has 0 atom stereocenters. The number of hydrogen-bond donors (Lipinski definition) is 2. The Bertz CT molecular complexity index is 1360. The number of ether oxygens (including phenoxy) is 2. The Morgan fingerprint density at radius 3 is 2.43 bits per heavy atom. The van der Waals surface area contributed by atoms with Crippen LogP contribution in [-0.2, 0) is 4.74 Å². The summed E-state index contributed by atoms with van der Waals surface area (Å²) >= 11 is 0. The largest absolute Gasteiger partial charge is 0.477 e. The van der Waals surface area contributed by atoms with Crippen molar-refractivity contribution in [3.8, 4) is 22.7 Å². The number of para-hydroxylation sites is 1. The van der Waals surface area contributed by atoms with Gasteiger partial charge in [0.05, 0.1) is 24.3 Å². The van der Waals surface area contributed by atoms with E-state index >= 15 is 0 Å². The Kier molecular flexibility index (Phi) is 5.55. The second-order valence-corrected chi connectivity index (χ2v) is 8.66. The fourth-order valence-corrected chi connectivity index (χ4v) is 4.43. The van der Waals surface area contributed by atoms with Crippen molar-refractivity contribution in [2.24, 2.45) is 0 Å². The van der Waals surface area contributed by atoms with E-state index in [-0.39, 0.29) is 11.8 Å². The number of aromatic carboxylic acids is 1. The zero-order valence-corrected chi connectivity index (χ0v) is 19.1. The van der Waals surface area contributed by atoms with Crippen LogP contribution in [-0.4, -0.2) is 71.3 Å². The van der Waals surface area contributed by atoms with Crippen LogP contribution in [0.25, 0.3) is 27.8 Å². The normalized spacial score (nSPS) is 16.3. The fourth-order valence-electron chi connectivity index (χ4n) is 4.43. The van der Waals surface area contributed by atoms with Gasteiger partial charge in [-0.2, -0.15) is 0 Å². The van der Waals surface area contributed by atoms with Crippen LogP contribution < -0.4 is 15.0 Å². The van der Waals surface area contributed by atoms with Gasteiger partial charge in [-0.15, -0.1) is 5.10 Å². The molecule has 2 aliphatic rings. The third-order valence-corrected chi connectivity index (χ3v) is 6.40. The molecule has 0 bridgehead atoms. The van der Waals surface area contributed by atoms with Crippen molar-refractivity contribution in [2.75, 3.05) is 44.3 Å². The third kappa shape index (κ3) is 4.09. The minimum absolute atomic E-state index is 0.00743. The minimum atomic E-state index is -1.09. The lowest BCUT2D eigenvalue weighted by molar-refractivity contribution is 0.0691. The lowest BCUT2D eigenvalue weighted by atomic mass is 10.0. The van der Waals surface area contributed by atoms with E-state index in [1.807, 2.05) is 42.5 Å². The van der Waals surface area contributed by atoms with Crippen LogP contribution in [0.5, 0.6) is 5.88 Å². The number of carboxylic acids is 1. The number of benzene rings is 2. The van der Waals surface area contributed by atoms with E-state index < -0.39 is 5.97 Å². The number of nitrogens with one attached hydrogen (secondary N) is 1. The van der Waals surface area contributed by atoms with Gasteiger partial charge in [0.2, 0.25) is 5.88 Å². The first kappa shape index (κ1) is 21.6. The molecule has 2 aromatic carbocycles. The van der Waals surface area contributed by atoms with Gasteiger partial charge in [0.15, 0.2) is 11.3 Å². The Morgan fingerprint density at radius 1 is 1.03 bits per heavy atom. The summed E-state index contributed by atoms with van der Waals surface area (Å²) in [7, 11) is 0. The maximum absolute atomic E-state index is 12.0. The summed E-state index contributed by atoms with van der Waals surface area (Å²) in [5, 5.41) is 18.5. The molecule has 0 radical (unpaired) electrons. The summed E-state index contributed by atoms with van der Waals surface area (Å²) in [6.07, 6.45) is 0.00743. The molecule has 9 nitrogen and oxygen atoms in total. The number of carboxylic acid groups (broad SMARTS) is 1. The van der Waals surface area contributed by atoms with E-state index in [0.29, 0.717) is 30.1 Å². The van der Waals surface area contributed by atoms with Crippen molar-refractivity contribution in [3.63, 3.8) is 0 Å². The first-order valence-corrected chi connectivity index (χ1v) is 11.7. The number of carbonyl (C=O) groups is 1. The van der Waals surface area contributed by atoms with E-state index in [2.05, 4.69) is 27.3 Å². The van der Waals surface area contributed by atoms with Gasteiger partial charge in [-0.05, 0) is 35.9 Å². The summed E-state index contributed by atoms with van der Waals surface area (Å²) in [6.45, 7) is 4.60. The average molecular weight is 472 g/mol. The van der Waals surface area contributed by atoms with Crippen molar-refractivity contribution in [2.45, 2.75) is 6.10 Å². The van der Waals surface area contributed by atoms with Crippen molar-refractivity contribution >= 4 is 22.7 Å². The van der Waals surface area contributed by atoms with Crippen LogP contribution >= 0.6 is 0 Å². The maximum atomic E-state index is 12.0. The van der Waals surface area contributed by atoms with Crippen LogP contribution in [0.1, 0.15) is 10.5 Å². The Labute approximate surface area is 201 Å². The Morgan fingerprint density at radius 2 is 1.77 bits per heavy atom. The Hall–Kier alpha value is -3.95. The molecule has 0 amide bonds. The van der Waals surface area contributed by atoms with Gasteiger partial charge in [-0.1, -0.05) is 30.3 Å². The number of aromatic nitrogens is 3. The molecular weight excluding hydrogens is 446 g/mol. The van der Waals surface area contributed by atoms with Crippen molar-refractivity contribution in [1.82, 2.24) is 20.1 Å². The van der Waals surface area contributed by atoms with E-state index in [4.69, 9.17) is 14.6 Å². The molecule has 2 aromatic heterocycles. The maximum Gasteiger partial charge on any atom is 0.354 e. The van der Waals surface area contributed by atoms with Crippen LogP contribution in [0.3, 0.4) is 0 Å². The highest BCUT2D eigenvalue weighted by molar-refractivity contribution is 6.01. The van der Waals surface area contributed by atoms with Gasteiger partial charge in [-0.3, -0.25) is 0 Å². The third-order valence-electron chi connectivity index (χ3n) is 6.40. The number of morpholine rings is 1. The molecule has 0 unspecified atom stereocenters. The van der Waals surface area contributed by atoms with E-state index in [1.54, 1.807) is 10.7 Å². The topological polar surface area (TPSA) is 102 Å². The lowest BCUT2D eigenvalue weighted by Crippen LogP contribution is -2.50. The molecule has 0 spiro atoms. The second-order valence-electron chi connectivity index (χ2n) is 8.66. The molecule has 4 heterocycles. The van der Waals surface area contributed by atoms with Gasteiger partial charge < -0.3 is 24.8 Å². The predicted octanol–water partition coefficient (Wildman–Crippen LogP) is 2.97. The molecule has 2 fully saturated rings. The molecule has 2 aliphatic heterocycles. The van der Waals surface area contributed by atoms with Crippen LogP contribution in [0.15, 0.2) is 60.7 Å². The number of pyridine rings is 1. The second kappa shape index (κ2) is 9.01. The quantitative estimate of drug-likeness (QED) is 0.443. The van der Waals surface area contributed by atoms with Crippen molar-refractivity contribution in [1.29, 1.82) is 0 Å². The van der Waals surface area contributed by atoms with E-state index in [0.717, 1.165) is 48.7 Å². The van der Waals surface area contributed by atoms with Gasteiger partial charge in [0.25, 0.3) is 0 Å². The number of nitrogens with zero attached hydrogens (tertiary/aromatic N) is 4. The molecule has 2 saturated heterocycles. The molecule has 0 aliphatic carbocycles.